The van der Waals surface area contributed by atoms with Crippen LogP contribution in [0.5, 0.6) is 0 Å². The lowest BCUT2D eigenvalue weighted by atomic mass is 9.64. The second-order valence-electron chi connectivity index (χ2n) is 9.85. The van der Waals surface area contributed by atoms with Crippen LogP contribution in [0.1, 0.15) is 72.6 Å². The summed E-state index contributed by atoms with van der Waals surface area (Å²) in [6.07, 6.45) is 11.6. The van der Waals surface area contributed by atoms with Gasteiger partial charge >= 0.3 is 5.97 Å². The molecular weight excluding hydrogens is 364 g/mol. The van der Waals surface area contributed by atoms with E-state index in [1.54, 1.807) is 0 Å². The lowest BCUT2D eigenvalue weighted by Gasteiger charge is -2.43. The van der Waals surface area contributed by atoms with Crippen molar-refractivity contribution in [3.63, 3.8) is 0 Å². The Morgan fingerprint density at radius 2 is 2.00 bits per heavy atom. The number of carbonyl (C=O) groups is 2. The van der Waals surface area contributed by atoms with Gasteiger partial charge in [-0.2, -0.15) is 0 Å². The molecule has 1 fully saturated rings. The first-order valence-electron chi connectivity index (χ1n) is 11.6. The zero-order valence-electron chi connectivity index (χ0n) is 18.5. The second-order valence-corrected chi connectivity index (χ2v) is 9.85. The van der Waals surface area contributed by atoms with Crippen LogP contribution in [0.25, 0.3) is 0 Å². The highest BCUT2D eigenvalue weighted by Gasteiger charge is 2.42. The fourth-order valence-electron chi connectivity index (χ4n) is 5.52. The number of fused-ring (bicyclic) bond motifs is 1. The van der Waals surface area contributed by atoms with E-state index in [-0.39, 0.29) is 35.6 Å². The molecular formula is C25H38O4. The van der Waals surface area contributed by atoms with Crippen LogP contribution in [0.3, 0.4) is 0 Å². The maximum atomic E-state index is 12.6. The molecule has 0 radical (unpaired) electrons. The first kappa shape index (κ1) is 22.3. The molecule has 1 N–H and O–H groups in total. The minimum Gasteiger partial charge on any atom is -0.461 e. The number of rotatable bonds is 6. The summed E-state index contributed by atoms with van der Waals surface area (Å²) in [4.78, 5) is 24.5. The zero-order valence-corrected chi connectivity index (χ0v) is 18.5. The van der Waals surface area contributed by atoms with E-state index >= 15 is 0 Å². The predicted molar refractivity (Wildman–Crippen MR) is 114 cm³/mol. The van der Waals surface area contributed by atoms with Gasteiger partial charge in [-0.3, -0.25) is 9.59 Å². The van der Waals surface area contributed by atoms with Crippen molar-refractivity contribution in [3.8, 4) is 0 Å². The minimum atomic E-state index is -0.472. The van der Waals surface area contributed by atoms with Crippen molar-refractivity contribution in [2.45, 2.75) is 84.8 Å². The molecule has 3 aliphatic rings. The van der Waals surface area contributed by atoms with Crippen molar-refractivity contribution >= 4 is 11.8 Å². The van der Waals surface area contributed by atoms with Gasteiger partial charge in [0.2, 0.25) is 0 Å². The number of hydrogen-bond acceptors (Lipinski definition) is 4. The number of aliphatic hydroxyl groups excluding tert-OH is 1. The summed E-state index contributed by atoms with van der Waals surface area (Å²) < 4.78 is 6.08. The summed E-state index contributed by atoms with van der Waals surface area (Å²) in [5.74, 6) is 1.79. The second kappa shape index (κ2) is 9.59. The number of hydrogen-bond donors (Lipinski definition) is 1. The first-order chi connectivity index (χ1) is 13.8. The quantitative estimate of drug-likeness (QED) is 0.645. The fourth-order valence-corrected chi connectivity index (χ4v) is 5.52. The lowest BCUT2D eigenvalue weighted by Crippen LogP contribution is -2.41. The SMILES string of the molecule is CC[C@H](C)C(=O)O[C@H]1C[C@@H](C)C=C2C=C[C@H](C)[C@H](CC[C@H]3CC(=O)C[C@H](O)C3)[C@H]21. The Kier molecular flexibility index (Phi) is 7.37. The molecule has 0 aromatic carbocycles. The predicted octanol–water partition coefficient (Wildman–Crippen LogP) is 4.86. The van der Waals surface area contributed by atoms with Crippen molar-refractivity contribution < 1.29 is 19.4 Å². The number of allylic oxidation sites excluding steroid dienone is 3. The molecule has 0 aromatic rings. The number of carbonyl (C=O) groups excluding carboxylic acids is 2. The van der Waals surface area contributed by atoms with Gasteiger partial charge in [0, 0.05) is 18.8 Å². The molecule has 29 heavy (non-hydrogen) atoms. The van der Waals surface area contributed by atoms with Crippen LogP contribution in [0.2, 0.25) is 0 Å². The molecule has 8 atom stereocenters. The monoisotopic (exact) mass is 402 g/mol. The smallest absolute Gasteiger partial charge is 0.308 e. The standard InChI is InChI=1S/C25H38O4/c1-5-16(3)25(28)29-23-11-15(2)10-19-8-6-17(4)22(24(19)23)9-7-18-12-20(26)14-21(27)13-18/h6,8,10,15-18,20,22-24,26H,5,7,9,11-14H2,1-4H3/t15-,16-,17-,18+,20+,22-,23-,24-/m0/s1. The number of esters is 1. The summed E-state index contributed by atoms with van der Waals surface area (Å²) in [5.41, 5.74) is 1.31. The molecule has 1 saturated carbocycles. The van der Waals surface area contributed by atoms with E-state index in [1.807, 2.05) is 13.8 Å². The highest BCUT2D eigenvalue weighted by atomic mass is 16.5. The Hall–Kier alpha value is -1.42. The third-order valence-corrected chi connectivity index (χ3v) is 7.37. The molecule has 4 nitrogen and oxygen atoms in total. The Balaban J connectivity index is 1.74. The molecule has 162 valence electrons. The topological polar surface area (TPSA) is 63.6 Å². The molecule has 0 amide bonds. The molecule has 3 aliphatic carbocycles. The number of Topliss-reactive ketones (excluding diaryl/α,β-unsaturated/α-hetero) is 1. The summed E-state index contributed by atoms with van der Waals surface area (Å²) in [6, 6.07) is 0. The number of ether oxygens (including phenoxy) is 1. The molecule has 3 rings (SSSR count). The maximum absolute atomic E-state index is 12.6. The van der Waals surface area contributed by atoms with Gasteiger partial charge in [0.15, 0.2) is 0 Å². The molecule has 0 aromatic heterocycles. The van der Waals surface area contributed by atoms with Gasteiger partial charge in [0.1, 0.15) is 11.9 Å². The average molecular weight is 403 g/mol. The van der Waals surface area contributed by atoms with Crippen LogP contribution in [0.4, 0.5) is 0 Å². The van der Waals surface area contributed by atoms with Crippen molar-refractivity contribution in [3.05, 3.63) is 23.8 Å². The molecule has 0 unspecified atom stereocenters. The van der Waals surface area contributed by atoms with E-state index in [0.29, 0.717) is 30.6 Å². The molecule has 0 heterocycles. The van der Waals surface area contributed by atoms with E-state index in [9.17, 15) is 14.7 Å². The van der Waals surface area contributed by atoms with Crippen LogP contribution in [0, 0.1) is 35.5 Å². The Bertz CT molecular complexity index is 664. The molecule has 4 heteroatoms. The lowest BCUT2D eigenvalue weighted by molar-refractivity contribution is -0.158. The third kappa shape index (κ3) is 5.39. The van der Waals surface area contributed by atoms with Gasteiger partial charge in [-0.15, -0.1) is 0 Å². The van der Waals surface area contributed by atoms with E-state index in [2.05, 4.69) is 32.1 Å². The summed E-state index contributed by atoms with van der Waals surface area (Å²) in [7, 11) is 0. The van der Waals surface area contributed by atoms with Crippen LogP contribution >= 0.6 is 0 Å². The third-order valence-electron chi connectivity index (χ3n) is 7.37. The largest absolute Gasteiger partial charge is 0.461 e. The molecule has 0 spiro atoms. The zero-order chi connectivity index (χ0) is 21.1. The average Bonchev–Trinajstić information content (AvgIpc) is 2.65. The van der Waals surface area contributed by atoms with Crippen molar-refractivity contribution in [2.24, 2.45) is 35.5 Å². The van der Waals surface area contributed by atoms with Gasteiger partial charge in [-0.1, -0.05) is 45.9 Å². The van der Waals surface area contributed by atoms with E-state index in [0.717, 1.165) is 32.1 Å². The van der Waals surface area contributed by atoms with Gasteiger partial charge in [-0.05, 0) is 61.3 Å². The Morgan fingerprint density at radius 1 is 1.24 bits per heavy atom. The number of ketones is 1. The van der Waals surface area contributed by atoms with Crippen molar-refractivity contribution in [2.75, 3.05) is 0 Å². The summed E-state index contributed by atoms with van der Waals surface area (Å²) >= 11 is 0. The van der Waals surface area contributed by atoms with Crippen molar-refractivity contribution in [1.82, 2.24) is 0 Å². The fraction of sp³-hybridized carbons (Fsp3) is 0.760. The highest BCUT2D eigenvalue weighted by molar-refractivity contribution is 5.79. The van der Waals surface area contributed by atoms with Crippen LogP contribution in [0.15, 0.2) is 23.8 Å². The number of aliphatic hydroxyl groups is 1. The summed E-state index contributed by atoms with van der Waals surface area (Å²) in [6.45, 7) is 8.42. The molecule has 0 bridgehead atoms. The highest BCUT2D eigenvalue weighted by Crippen LogP contribution is 2.45. The molecule has 0 saturated heterocycles. The van der Waals surface area contributed by atoms with E-state index in [4.69, 9.17) is 4.74 Å². The van der Waals surface area contributed by atoms with Crippen LogP contribution in [-0.2, 0) is 14.3 Å². The van der Waals surface area contributed by atoms with Crippen LogP contribution in [-0.4, -0.2) is 29.1 Å². The Labute approximate surface area is 175 Å². The van der Waals surface area contributed by atoms with Gasteiger partial charge in [0.05, 0.1) is 12.0 Å². The minimum absolute atomic E-state index is 0.0654. The van der Waals surface area contributed by atoms with E-state index < -0.39 is 6.10 Å². The van der Waals surface area contributed by atoms with Gasteiger partial charge in [-0.25, -0.2) is 0 Å². The summed E-state index contributed by atoms with van der Waals surface area (Å²) in [5, 5.41) is 9.97. The van der Waals surface area contributed by atoms with Crippen molar-refractivity contribution in [1.29, 1.82) is 0 Å². The van der Waals surface area contributed by atoms with Crippen LogP contribution < -0.4 is 0 Å². The Morgan fingerprint density at radius 3 is 2.69 bits per heavy atom. The first-order valence-corrected chi connectivity index (χ1v) is 11.6. The van der Waals surface area contributed by atoms with E-state index in [1.165, 1.54) is 5.57 Å². The van der Waals surface area contributed by atoms with Gasteiger partial charge < -0.3 is 9.84 Å². The molecule has 0 aliphatic heterocycles. The maximum Gasteiger partial charge on any atom is 0.308 e. The van der Waals surface area contributed by atoms with Gasteiger partial charge in [0.25, 0.3) is 0 Å². The normalized spacial score (nSPS) is 38.2.